The van der Waals surface area contributed by atoms with Crippen LogP contribution < -0.4 is 24.6 Å². The summed E-state index contributed by atoms with van der Waals surface area (Å²) in [5.74, 6) is 2.98. The van der Waals surface area contributed by atoms with Crippen LogP contribution in [0, 0.1) is 5.41 Å². The number of nitrogens with one attached hydrogen (secondary N) is 1. The number of Topliss-reactive ketones (excluding diaryl/α,β-unsaturated/α-hetero) is 1. The molecule has 36 heavy (non-hydrogen) atoms. The molecule has 0 spiro atoms. The number of aromatic nitrogens is 2. The predicted molar refractivity (Wildman–Crippen MR) is 142 cm³/mol. The van der Waals surface area contributed by atoms with E-state index in [9.17, 15) is 4.79 Å². The van der Waals surface area contributed by atoms with Crippen molar-refractivity contribution in [3.63, 3.8) is 0 Å². The van der Waals surface area contributed by atoms with E-state index in [0.29, 0.717) is 23.8 Å². The first-order chi connectivity index (χ1) is 17.4. The first-order valence-corrected chi connectivity index (χ1v) is 12.3. The van der Waals surface area contributed by atoms with Crippen LogP contribution in [0.3, 0.4) is 0 Å². The molecule has 0 amide bonds. The largest absolute Gasteiger partial charge is 0.497 e. The van der Waals surface area contributed by atoms with Crippen molar-refractivity contribution in [2.45, 2.75) is 26.7 Å². The van der Waals surface area contributed by atoms with E-state index in [2.05, 4.69) is 35.0 Å². The fraction of sp³-hybridized carbons (Fsp3) is 0.393. The molecule has 0 atom stereocenters. The van der Waals surface area contributed by atoms with Crippen LogP contribution in [0.4, 0.5) is 23.1 Å². The van der Waals surface area contributed by atoms with Gasteiger partial charge in [-0.1, -0.05) is 26.0 Å². The maximum Gasteiger partial charge on any atom is 0.227 e. The van der Waals surface area contributed by atoms with Crippen molar-refractivity contribution in [3.05, 3.63) is 59.8 Å². The van der Waals surface area contributed by atoms with Crippen LogP contribution in [0.1, 0.15) is 36.3 Å². The highest BCUT2D eigenvalue weighted by Crippen LogP contribution is 2.38. The maximum atomic E-state index is 13.2. The summed E-state index contributed by atoms with van der Waals surface area (Å²) < 4.78 is 10.8. The third-order valence-corrected chi connectivity index (χ3v) is 6.88. The van der Waals surface area contributed by atoms with Crippen molar-refractivity contribution in [3.8, 4) is 11.5 Å². The van der Waals surface area contributed by atoms with Gasteiger partial charge in [-0.3, -0.25) is 4.79 Å². The predicted octanol–water partition coefficient (Wildman–Crippen LogP) is 4.72. The molecule has 0 saturated carbocycles. The smallest absolute Gasteiger partial charge is 0.227 e. The summed E-state index contributed by atoms with van der Waals surface area (Å²) in [6.45, 7) is 7.45. The molecule has 0 unspecified atom stereocenters. The first-order valence-electron chi connectivity index (χ1n) is 12.3. The Morgan fingerprint density at radius 2 is 1.56 bits per heavy atom. The maximum absolute atomic E-state index is 13.2. The number of hydrogen-bond acceptors (Lipinski definition) is 8. The van der Waals surface area contributed by atoms with Crippen molar-refractivity contribution in [1.82, 2.24) is 9.97 Å². The van der Waals surface area contributed by atoms with E-state index in [1.54, 1.807) is 14.2 Å². The average molecular weight is 488 g/mol. The number of nitrogens with zero attached hydrogens (tertiary/aromatic N) is 4. The van der Waals surface area contributed by atoms with Gasteiger partial charge in [-0.05, 0) is 48.2 Å². The number of piperazine rings is 1. The molecule has 0 bridgehead atoms. The molecule has 8 nitrogen and oxygen atoms in total. The second kappa shape index (κ2) is 9.68. The van der Waals surface area contributed by atoms with Crippen LogP contribution in [0.15, 0.2) is 48.5 Å². The molecule has 188 valence electrons. The fourth-order valence-electron chi connectivity index (χ4n) is 5.04. The van der Waals surface area contributed by atoms with Gasteiger partial charge >= 0.3 is 0 Å². The Labute approximate surface area is 212 Å². The molecule has 1 aliphatic carbocycles. The van der Waals surface area contributed by atoms with Gasteiger partial charge in [0.15, 0.2) is 5.78 Å². The molecular weight excluding hydrogens is 454 g/mol. The zero-order valence-corrected chi connectivity index (χ0v) is 21.4. The van der Waals surface area contributed by atoms with Gasteiger partial charge in [-0.25, -0.2) is 4.98 Å². The van der Waals surface area contributed by atoms with E-state index in [-0.39, 0.29) is 11.2 Å². The summed E-state index contributed by atoms with van der Waals surface area (Å²) in [5, 5.41) is 3.39. The second-order valence-electron chi connectivity index (χ2n) is 10.1. The number of para-hydroxylation sites is 2. The lowest BCUT2D eigenvalue weighted by Crippen LogP contribution is -2.47. The summed E-state index contributed by atoms with van der Waals surface area (Å²) in [7, 11) is 3.35. The van der Waals surface area contributed by atoms with Crippen LogP contribution in [0.5, 0.6) is 11.5 Å². The van der Waals surface area contributed by atoms with E-state index in [1.165, 1.54) is 0 Å². The molecule has 2 heterocycles. The van der Waals surface area contributed by atoms with Crippen molar-refractivity contribution in [2.24, 2.45) is 5.41 Å². The molecule has 1 saturated heterocycles. The van der Waals surface area contributed by atoms with Crippen LogP contribution in [0.2, 0.25) is 0 Å². The number of anilines is 4. The number of rotatable bonds is 6. The number of fused-ring (bicyclic) bond motifs is 1. The molecular formula is C28H33N5O3. The standard InChI is InChI=1S/C28H33N5O3/c1-28(2)17-21-25(23(34)18-28)26(29-19-9-11-20(35-3)12-10-19)31-27(30-21)33-15-13-32(14-16-33)22-7-5-6-8-24(22)36-4/h5-12H,13-18H2,1-4H3,(H,29,30,31). The van der Waals surface area contributed by atoms with Crippen LogP contribution in [-0.4, -0.2) is 56.1 Å². The van der Waals surface area contributed by atoms with Gasteiger partial charge in [0.2, 0.25) is 5.95 Å². The van der Waals surface area contributed by atoms with Crippen LogP contribution >= 0.6 is 0 Å². The normalized spacial score (nSPS) is 16.9. The number of carbonyl (C=O) groups excluding carboxylic acids is 1. The van der Waals surface area contributed by atoms with Crippen molar-refractivity contribution in [1.29, 1.82) is 0 Å². The lowest BCUT2D eigenvalue weighted by molar-refractivity contribution is 0.0911. The van der Waals surface area contributed by atoms with Crippen molar-refractivity contribution in [2.75, 3.05) is 55.5 Å². The number of methoxy groups -OCH3 is 2. The molecule has 1 fully saturated rings. The highest BCUT2D eigenvalue weighted by Gasteiger charge is 2.35. The Morgan fingerprint density at radius 1 is 0.861 bits per heavy atom. The molecule has 2 aliphatic rings. The third-order valence-electron chi connectivity index (χ3n) is 6.88. The van der Waals surface area contributed by atoms with E-state index in [1.807, 2.05) is 42.5 Å². The Balaban J connectivity index is 1.44. The van der Waals surface area contributed by atoms with Crippen LogP contribution in [-0.2, 0) is 6.42 Å². The van der Waals surface area contributed by atoms with Crippen molar-refractivity contribution < 1.29 is 14.3 Å². The minimum Gasteiger partial charge on any atom is -0.497 e. The monoisotopic (exact) mass is 487 g/mol. The van der Waals surface area contributed by atoms with Gasteiger partial charge in [0.1, 0.15) is 17.3 Å². The van der Waals surface area contributed by atoms with E-state index in [4.69, 9.17) is 19.4 Å². The molecule has 8 heteroatoms. The number of hydrogen-bond donors (Lipinski definition) is 1. The van der Waals surface area contributed by atoms with Gasteiger partial charge in [-0.2, -0.15) is 4.98 Å². The zero-order chi connectivity index (χ0) is 25.3. The summed E-state index contributed by atoms with van der Waals surface area (Å²) in [4.78, 5) is 27.5. The van der Waals surface area contributed by atoms with Crippen molar-refractivity contribution >= 4 is 28.9 Å². The van der Waals surface area contributed by atoms with Gasteiger partial charge < -0.3 is 24.6 Å². The number of benzene rings is 2. The van der Waals surface area contributed by atoms with E-state index >= 15 is 0 Å². The summed E-state index contributed by atoms with van der Waals surface area (Å²) >= 11 is 0. The highest BCUT2D eigenvalue weighted by atomic mass is 16.5. The van der Waals surface area contributed by atoms with Gasteiger partial charge in [0, 0.05) is 38.3 Å². The first kappa shape index (κ1) is 23.9. The number of ether oxygens (including phenoxy) is 2. The zero-order valence-electron chi connectivity index (χ0n) is 21.4. The lowest BCUT2D eigenvalue weighted by atomic mass is 9.75. The quantitative estimate of drug-likeness (QED) is 0.535. The molecule has 0 radical (unpaired) electrons. The number of ketones is 1. The summed E-state index contributed by atoms with van der Waals surface area (Å²) in [6, 6.07) is 15.7. The summed E-state index contributed by atoms with van der Waals surface area (Å²) in [6.07, 6.45) is 1.22. The average Bonchev–Trinajstić information content (AvgIpc) is 2.88. The van der Waals surface area contributed by atoms with Gasteiger partial charge in [-0.15, -0.1) is 0 Å². The molecule has 1 aliphatic heterocycles. The lowest BCUT2D eigenvalue weighted by Gasteiger charge is -2.37. The molecule has 5 rings (SSSR count). The van der Waals surface area contributed by atoms with Gasteiger partial charge in [0.25, 0.3) is 0 Å². The molecule has 1 N–H and O–H groups in total. The Morgan fingerprint density at radius 3 is 2.25 bits per heavy atom. The Kier molecular flexibility index (Phi) is 6.43. The summed E-state index contributed by atoms with van der Waals surface area (Å²) in [5.41, 5.74) is 3.25. The molecule has 3 aromatic rings. The fourth-order valence-corrected chi connectivity index (χ4v) is 5.04. The highest BCUT2D eigenvalue weighted by molar-refractivity contribution is 6.03. The van der Waals surface area contributed by atoms with E-state index < -0.39 is 0 Å². The minimum atomic E-state index is -0.129. The van der Waals surface area contributed by atoms with E-state index in [0.717, 1.165) is 61.2 Å². The Bertz CT molecular complexity index is 1250. The SMILES string of the molecule is COc1ccc(Nc2nc(N3CCN(c4ccccc4OC)CC3)nc3c2C(=O)CC(C)(C)C3)cc1. The molecule has 1 aromatic heterocycles. The Hall–Kier alpha value is -3.81. The van der Waals surface area contributed by atoms with Crippen LogP contribution in [0.25, 0.3) is 0 Å². The minimum absolute atomic E-state index is 0.0878. The third kappa shape index (κ3) is 4.80. The molecule has 2 aromatic carbocycles. The topological polar surface area (TPSA) is 79.8 Å². The number of carbonyl (C=O) groups is 1. The van der Waals surface area contributed by atoms with Gasteiger partial charge in [0.05, 0.1) is 31.2 Å². The second-order valence-corrected chi connectivity index (χ2v) is 10.1.